The molecule has 144 valence electrons. The van der Waals surface area contributed by atoms with E-state index >= 15 is 0 Å². The molecular formula is C24H18ClNO3. The van der Waals surface area contributed by atoms with Gasteiger partial charge < -0.3 is 9.73 Å². The SMILES string of the molecule is Cc1ccc(C(=O)c2oc3cc(NC(=O)c4cccc(Cl)c4)ccc3c2C)cc1. The lowest BCUT2D eigenvalue weighted by atomic mass is 10.0. The van der Waals surface area contributed by atoms with Gasteiger partial charge >= 0.3 is 0 Å². The number of aryl methyl sites for hydroxylation is 2. The van der Waals surface area contributed by atoms with Crippen molar-refractivity contribution in [3.05, 3.63) is 99.8 Å². The van der Waals surface area contributed by atoms with Crippen molar-refractivity contribution >= 4 is 39.9 Å². The summed E-state index contributed by atoms with van der Waals surface area (Å²) in [6.07, 6.45) is 0. The molecule has 1 aromatic heterocycles. The molecule has 0 bridgehead atoms. The summed E-state index contributed by atoms with van der Waals surface area (Å²) in [6, 6.07) is 19.4. The molecule has 4 nitrogen and oxygen atoms in total. The smallest absolute Gasteiger partial charge is 0.255 e. The molecule has 0 aliphatic rings. The van der Waals surface area contributed by atoms with Gasteiger partial charge in [0.05, 0.1) is 0 Å². The van der Waals surface area contributed by atoms with E-state index in [1.165, 1.54) is 0 Å². The highest BCUT2D eigenvalue weighted by Gasteiger charge is 2.19. The molecule has 1 amide bonds. The number of carbonyl (C=O) groups excluding carboxylic acids is 2. The second-order valence-electron chi connectivity index (χ2n) is 6.93. The van der Waals surface area contributed by atoms with Crippen LogP contribution in [0.25, 0.3) is 11.0 Å². The normalized spacial score (nSPS) is 10.9. The van der Waals surface area contributed by atoms with Gasteiger partial charge in [0.25, 0.3) is 5.91 Å². The Bertz CT molecular complexity index is 1240. The number of halogens is 1. The number of fused-ring (bicyclic) bond motifs is 1. The Kier molecular flexibility index (Phi) is 4.95. The fraction of sp³-hybridized carbons (Fsp3) is 0.0833. The lowest BCUT2D eigenvalue weighted by molar-refractivity contribution is 0.101. The number of nitrogens with one attached hydrogen (secondary N) is 1. The molecule has 4 rings (SSSR count). The largest absolute Gasteiger partial charge is 0.452 e. The maximum absolute atomic E-state index is 12.9. The highest BCUT2D eigenvalue weighted by molar-refractivity contribution is 6.31. The number of benzene rings is 3. The molecule has 0 radical (unpaired) electrons. The first-order valence-electron chi connectivity index (χ1n) is 9.14. The van der Waals surface area contributed by atoms with Gasteiger partial charge in [0.1, 0.15) is 5.58 Å². The summed E-state index contributed by atoms with van der Waals surface area (Å²) in [5.74, 6) is -0.128. The van der Waals surface area contributed by atoms with Crippen LogP contribution in [0.4, 0.5) is 5.69 Å². The van der Waals surface area contributed by atoms with Crippen LogP contribution in [0, 0.1) is 13.8 Å². The third kappa shape index (κ3) is 3.80. The van der Waals surface area contributed by atoms with E-state index in [-0.39, 0.29) is 11.7 Å². The first kappa shape index (κ1) is 19.0. The monoisotopic (exact) mass is 403 g/mol. The number of amides is 1. The zero-order valence-corrected chi connectivity index (χ0v) is 16.7. The summed E-state index contributed by atoms with van der Waals surface area (Å²) in [5, 5.41) is 4.16. The van der Waals surface area contributed by atoms with Gasteiger partial charge in [-0.1, -0.05) is 47.5 Å². The van der Waals surface area contributed by atoms with E-state index in [2.05, 4.69) is 5.32 Å². The van der Waals surface area contributed by atoms with Gasteiger partial charge in [0.2, 0.25) is 5.78 Å². The number of rotatable bonds is 4. The molecule has 0 spiro atoms. The molecule has 0 unspecified atom stereocenters. The summed E-state index contributed by atoms with van der Waals surface area (Å²) in [6.45, 7) is 3.83. The first-order chi connectivity index (χ1) is 13.9. The summed E-state index contributed by atoms with van der Waals surface area (Å²) in [7, 11) is 0. The Hall–Kier alpha value is -3.37. The van der Waals surface area contributed by atoms with E-state index in [9.17, 15) is 9.59 Å². The topological polar surface area (TPSA) is 59.3 Å². The van der Waals surface area contributed by atoms with E-state index in [1.807, 2.05) is 32.0 Å². The molecule has 4 aromatic rings. The van der Waals surface area contributed by atoms with Gasteiger partial charge in [-0.15, -0.1) is 0 Å². The van der Waals surface area contributed by atoms with Crippen molar-refractivity contribution < 1.29 is 14.0 Å². The van der Waals surface area contributed by atoms with E-state index in [1.54, 1.807) is 48.5 Å². The second kappa shape index (κ2) is 7.57. The van der Waals surface area contributed by atoms with Gasteiger partial charge in [-0.2, -0.15) is 0 Å². The van der Waals surface area contributed by atoms with Crippen LogP contribution in [0.5, 0.6) is 0 Å². The minimum atomic E-state index is -0.272. The average molecular weight is 404 g/mol. The standard InChI is InChI=1S/C24H18ClNO3/c1-14-6-8-16(9-7-14)22(27)23-15(2)20-11-10-19(13-21(20)29-23)26-24(28)17-4-3-5-18(25)12-17/h3-13H,1-2H3,(H,26,28). The highest BCUT2D eigenvalue weighted by atomic mass is 35.5. The van der Waals surface area contributed by atoms with E-state index in [4.69, 9.17) is 16.0 Å². The molecule has 0 fully saturated rings. The van der Waals surface area contributed by atoms with Crippen molar-refractivity contribution in [2.45, 2.75) is 13.8 Å². The van der Waals surface area contributed by atoms with Gasteiger partial charge in [-0.25, -0.2) is 0 Å². The predicted octanol–water partition coefficient (Wildman–Crippen LogP) is 6.19. The van der Waals surface area contributed by atoms with E-state index in [0.29, 0.717) is 33.2 Å². The summed E-state index contributed by atoms with van der Waals surface area (Å²) >= 11 is 5.95. The Morgan fingerprint density at radius 3 is 2.38 bits per heavy atom. The molecule has 0 saturated heterocycles. The minimum absolute atomic E-state index is 0.164. The van der Waals surface area contributed by atoms with Crippen molar-refractivity contribution in [3.63, 3.8) is 0 Å². The average Bonchev–Trinajstić information content (AvgIpc) is 3.04. The van der Waals surface area contributed by atoms with Crippen LogP contribution in [0.2, 0.25) is 5.02 Å². The van der Waals surface area contributed by atoms with E-state index in [0.717, 1.165) is 16.5 Å². The number of furan rings is 1. The zero-order valence-electron chi connectivity index (χ0n) is 16.0. The zero-order chi connectivity index (χ0) is 20.5. The summed E-state index contributed by atoms with van der Waals surface area (Å²) in [5.41, 5.74) is 4.02. The van der Waals surface area contributed by atoms with Crippen molar-refractivity contribution in [1.82, 2.24) is 0 Å². The molecule has 0 atom stereocenters. The minimum Gasteiger partial charge on any atom is -0.452 e. The maximum Gasteiger partial charge on any atom is 0.255 e. The Morgan fingerprint density at radius 1 is 0.897 bits per heavy atom. The van der Waals surface area contributed by atoms with E-state index < -0.39 is 0 Å². The predicted molar refractivity (Wildman–Crippen MR) is 115 cm³/mol. The molecule has 0 saturated carbocycles. The molecule has 5 heteroatoms. The van der Waals surface area contributed by atoms with Crippen LogP contribution in [0.1, 0.15) is 37.6 Å². The summed E-state index contributed by atoms with van der Waals surface area (Å²) in [4.78, 5) is 25.3. The number of ketones is 1. The fourth-order valence-electron chi connectivity index (χ4n) is 3.19. The summed E-state index contributed by atoms with van der Waals surface area (Å²) < 4.78 is 5.87. The Balaban J connectivity index is 1.64. The number of carbonyl (C=O) groups is 2. The Morgan fingerprint density at radius 2 is 1.66 bits per heavy atom. The van der Waals surface area contributed by atoms with Crippen LogP contribution in [-0.4, -0.2) is 11.7 Å². The third-order valence-electron chi connectivity index (χ3n) is 4.80. The van der Waals surface area contributed by atoms with Crippen LogP contribution in [0.15, 0.2) is 71.1 Å². The second-order valence-corrected chi connectivity index (χ2v) is 7.36. The molecule has 1 N–H and O–H groups in total. The number of anilines is 1. The van der Waals surface area contributed by atoms with Crippen LogP contribution >= 0.6 is 11.6 Å². The van der Waals surface area contributed by atoms with Gasteiger partial charge in [-0.3, -0.25) is 9.59 Å². The van der Waals surface area contributed by atoms with Crippen molar-refractivity contribution in [3.8, 4) is 0 Å². The van der Waals surface area contributed by atoms with Gasteiger partial charge in [0.15, 0.2) is 5.76 Å². The number of hydrogen-bond acceptors (Lipinski definition) is 3. The lowest BCUT2D eigenvalue weighted by Crippen LogP contribution is -2.11. The molecule has 29 heavy (non-hydrogen) atoms. The lowest BCUT2D eigenvalue weighted by Gasteiger charge is -2.05. The first-order valence-corrected chi connectivity index (χ1v) is 9.51. The quantitative estimate of drug-likeness (QED) is 0.413. The molecule has 3 aromatic carbocycles. The molecule has 1 heterocycles. The molecule has 0 aliphatic heterocycles. The molecule has 0 aliphatic carbocycles. The Labute approximate surface area is 173 Å². The van der Waals surface area contributed by atoms with Crippen molar-refractivity contribution in [2.24, 2.45) is 0 Å². The fourth-order valence-corrected chi connectivity index (χ4v) is 3.38. The van der Waals surface area contributed by atoms with Crippen molar-refractivity contribution in [2.75, 3.05) is 5.32 Å². The maximum atomic E-state index is 12.9. The van der Waals surface area contributed by atoms with Gasteiger partial charge in [-0.05, 0) is 44.2 Å². The third-order valence-corrected chi connectivity index (χ3v) is 5.04. The van der Waals surface area contributed by atoms with Crippen LogP contribution < -0.4 is 5.32 Å². The van der Waals surface area contributed by atoms with Crippen LogP contribution in [-0.2, 0) is 0 Å². The molecular weight excluding hydrogens is 386 g/mol. The highest BCUT2D eigenvalue weighted by Crippen LogP contribution is 2.29. The van der Waals surface area contributed by atoms with Gasteiger partial charge in [0, 0.05) is 38.9 Å². The van der Waals surface area contributed by atoms with Crippen LogP contribution in [0.3, 0.4) is 0 Å². The number of hydrogen-bond donors (Lipinski definition) is 1. The van der Waals surface area contributed by atoms with Crippen molar-refractivity contribution in [1.29, 1.82) is 0 Å².